The van der Waals surface area contributed by atoms with Gasteiger partial charge in [0.25, 0.3) is 5.56 Å². The Morgan fingerprint density at radius 3 is 2.05 bits per heavy atom. The van der Waals surface area contributed by atoms with Gasteiger partial charge in [0.05, 0.1) is 10.4 Å². The summed E-state index contributed by atoms with van der Waals surface area (Å²) in [7, 11) is 0. The molecule has 11 heteroatoms. The molecule has 1 heterocycles. The molecular weight excluding hydrogens is 517 g/mol. The summed E-state index contributed by atoms with van der Waals surface area (Å²) in [5.41, 5.74) is 13.1. The van der Waals surface area contributed by atoms with E-state index < -0.39 is 36.6 Å². The number of hydrogen-bond donors (Lipinski definition) is 2. The van der Waals surface area contributed by atoms with Crippen LogP contribution >= 0.6 is 11.5 Å². The third-order valence-corrected chi connectivity index (χ3v) is 7.36. The van der Waals surface area contributed by atoms with Gasteiger partial charge in [-0.05, 0) is 43.9 Å². The normalized spacial score (nSPS) is 13.7. The second kappa shape index (κ2) is 11.5. The standard InChI is InChI=1S/C27H31F3N4O3S/c1-26(2,3)34-23(35)15-22(38-34)19-11-9-18(10-12-19)14-21(24(32)36)33(25(37)27(28,29)30)16-20(31)13-17-7-5-4-6-8-17/h4-12,15,20-21H,13-14,16,31H2,1-3H3,(H2,32,36)/t20-,21-/m0/s1. The van der Waals surface area contributed by atoms with Crippen molar-refractivity contribution < 1.29 is 22.8 Å². The van der Waals surface area contributed by atoms with Crippen molar-refractivity contribution in [3.05, 3.63) is 82.1 Å². The van der Waals surface area contributed by atoms with Gasteiger partial charge < -0.3 is 16.4 Å². The summed E-state index contributed by atoms with van der Waals surface area (Å²) in [6, 6.07) is 14.7. The molecule has 0 unspecified atom stereocenters. The van der Waals surface area contributed by atoms with Gasteiger partial charge in [0.1, 0.15) is 6.04 Å². The van der Waals surface area contributed by atoms with E-state index in [4.69, 9.17) is 11.5 Å². The van der Waals surface area contributed by atoms with E-state index in [0.29, 0.717) is 10.5 Å². The Morgan fingerprint density at radius 2 is 1.55 bits per heavy atom. The van der Waals surface area contributed by atoms with Crippen LogP contribution in [0.1, 0.15) is 31.9 Å². The molecule has 1 aromatic heterocycles. The summed E-state index contributed by atoms with van der Waals surface area (Å²) < 4.78 is 42.1. The van der Waals surface area contributed by atoms with E-state index >= 15 is 0 Å². The van der Waals surface area contributed by atoms with Gasteiger partial charge in [-0.1, -0.05) is 66.1 Å². The highest BCUT2D eigenvalue weighted by Crippen LogP contribution is 2.28. The Labute approximate surface area is 223 Å². The molecule has 7 nitrogen and oxygen atoms in total. The summed E-state index contributed by atoms with van der Waals surface area (Å²) in [5, 5.41) is 0. The van der Waals surface area contributed by atoms with Gasteiger partial charge in [-0.2, -0.15) is 13.2 Å². The van der Waals surface area contributed by atoms with Gasteiger partial charge in [-0.3, -0.25) is 18.3 Å². The van der Waals surface area contributed by atoms with Crippen molar-refractivity contribution in [3.8, 4) is 10.4 Å². The zero-order valence-electron chi connectivity index (χ0n) is 21.4. The highest BCUT2D eigenvalue weighted by Gasteiger charge is 2.46. The number of hydrogen-bond acceptors (Lipinski definition) is 5. The quantitative estimate of drug-likeness (QED) is 0.425. The fraction of sp³-hybridized carbons (Fsp3) is 0.370. The molecule has 0 saturated carbocycles. The minimum Gasteiger partial charge on any atom is -0.368 e. The van der Waals surface area contributed by atoms with Crippen LogP contribution in [0.5, 0.6) is 0 Å². The van der Waals surface area contributed by atoms with Gasteiger partial charge in [-0.15, -0.1) is 0 Å². The largest absolute Gasteiger partial charge is 0.471 e. The molecule has 2 atom stereocenters. The molecule has 0 saturated heterocycles. The zero-order chi connectivity index (χ0) is 28.3. The maximum atomic E-state index is 13.5. The fourth-order valence-corrected chi connectivity index (χ4v) is 5.09. The Bertz CT molecular complexity index is 1310. The second-order valence-electron chi connectivity index (χ2n) is 10.1. The summed E-state index contributed by atoms with van der Waals surface area (Å²) in [6.07, 6.45) is -5.23. The number of benzene rings is 2. The first kappa shape index (κ1) is 29.1. The third-order valence-electron chi connectivity index (χ3n) is 5.90. The van der Waals surface area contributed by atoms with E-state index in [9.17, 15) is 27.6 Å². The molecular formula is C27H31F3N4O3S. The number of nitrogens with zero attached hydrogens (tertiary/aromatic N) is 2. The van der Waals surface area contributed by atoms with Crippen molar-refractivity contribution in [2.45, 2.75) is 57.4 Å². The third kappa shape index (κ3) is 7.32. The molecule has 0 fully saturated rings. The smallest absolute Gasteiger partial charge is 0.368 e. The van der Waals surface area contributed by atoms with E-state index in [1.165, 1.54) is 17.6 Å². The van der Waals surface area contributed by atoms with E-state index in [1.54, 1.807) is 58.6 Å². The first-order valence-electron chi connectivity index (χ1n) is 12.0. The van der Waals surface area contributed by atoms with Gasteiger partial charge in [0.2, 0.25) is 5.91 Å². The van der Waals surface area contributed by atoms with Crippen LogP contribution in [0.15, 0.2) is 65.5 Å². The number of carbonyl (C=O) groups is 2. The molecule has 0 aliphatic heterocycles. The number of carbonyl (C=O) groups excluding carboxylic acids is 2. The SMILES string of the molecule is CC(C)(C)n1sc(-c2ccc(C[C@@H](C(N)=O)N(C[C@@H](N)Cc3ccccc3)C(=O)C(F)(F)F)cc2)cc1=O. The molecule has 0 bridgehead atoms. The molecule has 204 valence electrons. The maximum absolute atomic E-state index is 13.5. The van der Waals surface area contributed by atoms with Crippen molar-refractivity contribution >= 4 is 23.3 Å². The number of aromatic nitrogens is 1. The predicted octanol–water partition coefficient (Wildman–Crippen LogP) is 3.69. The van der Waals surface area contributed by atoms with Crippen LogP contribution in [-0.2, 0) is 28.0 Å². The van der Waals surface area contributed by atoms with Crippen molar-refractivity contribution in [2.24, 2.45) is 11.5 Å². The van der Waals surface area contributed by atoms with Gasteiger partial charge >= 0.3 is 12.1 Å². The minimum atomic E-state index is -5.21. The van der Waals surface area contributed by atoms with Crippen molar-refractivity contribution in [1.29, 1.82) is 0 Å². The number of alkyl halides is 3. The molecule has 3 rings (SSSR count). The Kier molecular flexibility index (Phi) is 8.83. The highest BCUT2D eigenvalue weighted by molar-refractivity contribution is 7.10. The molecule has 0 radical (unpaired) electrons. The number of nitrogens with two attached hydrogens (primary N) is 2. The first-order chi connectivity index (χ1) is 17.7. The lowest BCUT2D eigenvalue weighted by atomic mass is 10.00. The van der Waals surface area contributed by atoms with Gasteiger partial charge in [-0.25, -0.2) is 0 Å². The molecule has 0 spiro atoms. The van der Waals surface area contributed by atoms with Gasteiger partial charge in [0.15, 0.2) is 0 Å². The van der Waals surface area contributed by atoms with Crippen LogP contribution in [-0.4, -0.2) is 45.5 Å². The van der Waals surface area contributed by atoms with Gasteiger partial charge in [0, 0.05) is 25.1 Å². The summed E-state index contributed by atoms with van der Waals surface area (Å²) in [4.78, 5) is 38.2. The van der Waals surface area contributed by atoms with Crippen LogP contribution < -0.4 is 17.0 Å². The zero-order valence-corrected chi connectivity index (χ0v) is 22.2. The van der Waals surface area contributed by atoms with E-state index in [2.05, 4.69) is 0 Å². The second-order valence-corrected chi connectivity index (χ2v) is 11.1. The summed E-state index contributed by atoms with van der Waals surface area (Å²) in [6.45, 7) is 5.25. The molecule has 4 N–H and O–H groups in total. The van der Waals surface area contributed by atoms with Crippen molar-refractivity contribution in [3.63, 3.8) is 0 Å². The number of primary amides is 1. The average molecular weight is 549 g/mol. The Hall–Kier alpha value is -3.44. The Morgan fingerprint density at radius 1 is 0.974 bits per heavy atom. The van der Waals surface area contributed by atoms with Crippen LogP contribution in [0.3, 0.4) is 0 Å². The Balaban J connectivity index is 1.84. The molecule has 3 aromatic rings. The number of rotatable bonds is 9. The highest BCUT2D eigenvalue weighted by atomic mass is 32.1. The minimum absolute atomic E-state index is 0.136. The lowest BCUT2D eigenvalue weighted by Gasteiger charge is -2.32. The summed E-state index contributed by atoms with van der Waals surface area (Å²) in [5.74, 6) is -3.24. The van der Waals surface area contributed by atoms with Crippen LogP contribution in [0.25, 0.3) is 10.4 Å². The lowest BCUT2D eigenvalue weighted by molar-refractivity contribution is -0.188. The van der Waals surface area contributed by atoms with Crippen LogP contribution in [0, 0.1) is 0 Å². The molecule has 0 aliphatic carbocycles. The lowest BCUT2D eigenvalue weighted by Crippen LogP contribution is -2.56. The monoisotopic (exact) mass is 548 g/mol. The fourth-order valence-electron chi connectivity index (χ4n) is 4.09. The van der Waals surface area contributed by atoms with Crippen LogP contribution in [0.4, 0.5) is 13.2 Å². The molecule has 2 aromatic carbocycles. The molecule has 38 heavy (non-hydrogen) atoms. The predicted molar refractivity (Wildman–Crippen MR) is 142 cm³/mol. The van der Waals surface area contributed by atoms with E-state index in [-0.39, 0.29) is 23.9 Å². The van der Waals surface area contributed by atoms with Crippen molar-refractivity contribution in [1.82, 2.24) is 8.86 Å². The number of amides is 2. The summed E-state index contributed by atoms with van der Waals surface area (Å²) >= 11 is 1.30. The average Bonchev–Trinajstić information content (AvgIpc) is 3.23. The van der Waals surface area contributed by atoms with E-state index in [1.807, 2.05) is 20.8 Å². The van der Waals surface area contributed by atoms with E-state index in [0.717, 1.165) is 16.0 Å². The number of halogens is 3. The maximum Gasteiger partial charge on any atom is 0.471 e. The molecule has 0 aliphatic rings. The molecule has 2 amide bonds. The first-order valence-corrected chi connectivity index (χ1v) is 12.7. The topological polar surface area (TPSA) is 111 Å². The van der Waals surface area contributed by atoms with Crippen molar-refractivity contribution in [2.75, 3.05) is 6.54 Å². The van der Waals surface area contributed by atoms with Crippen LogP contribution in [0.2, 0.25) is 0 Å².